The Morgan fingerprint density at radius 3 is 2.74 bits per heavy atom. The van der Waals surface area contributed by atoms with Crippen molar-refractivity contribution in [1.29, 1.82) is 0 Å². The highest BCUT2D eigenvalue weighted by Crippen LogP contribution is 2.29. The summed E-state index contributed by atoms with van der Waals surface area (Å²) in [6, 6.07) is 3.02. The number of hydrogen-bond acceptors (Lipinski definition) is 9. The van der Waals surface area contributed by atoms with Crippen LogP contribution in [0, 0.1) is 5.92 Å². The number of aryl methyl sites for hydroxylation is 1. The number of fused-ring (bicyclic) bond motifs is 1. The Bertz CT molecular complexity index is 1060. The number of ether oxygens (including phenoxy) is 1. The van der Waals surface area contributed by atoms with Crippen molar-refractivity contribution in [2.24, 2.45) is 5.92 Å². The molecular formula is C18H20F3N7O3. The number of carbonyl (C=O) groups is 1. The Hall–Kier alpha value is -3.25. The number of nitrogens with zero attached hydrogens (tertiary/aromatic N) is 7. The highest BCUT2D eigenvalue weighted by atomic mass is 19.4. The van der Waals surface area contributed by atoms with Crippen LogP contribution in [0.1, 0.15) is 43.7 Å². The first-order chi connectivity index (χ1) is 14.8. The molecule has 0 amide bonds. The van der Waals surface area contributed by atoms with E-state index in [4.69, 9.17) is 9.26 Å². The second-order valence-electron chi connectivity index (χ2n) is 7.21. The second-order valence-corrected chi connectivity index (χ2v) is 7.21. The maximum Gasteiger partial charge on any atom is 0.453 e. The van der Waals surface area contributed by atoms with E-state index in [9.17, 15) is 18.0 Å². The minimum atomic E-state index is -4.66. The summed E-state index contributed by atoms with van der Waals surface area (Å²) in [5.74, 6) is -0.672. The largest absolute Gasteiger partial charge is 0.455 e. The predicted octanol–water partition coefficient (Wildman–Crippen LogP) is 2.44. The van der Waals surface area contributed by atoms with Crippen molar-refractivity contribution in [3.05, 3.63) is 29.7 Å². The number of halogens is 3. The van der Waals surface area contributed by atoms with Crippen LogP contribution >= 0.6 is 0 Å². The number of rotatable bonds is 6. The summed E-state index contributed by atoms with van der Waals surface area (Å²) in [5, 5.41) is 14.5. The summed E-state index contributed by atoms with van der Waals surface area (Å²) in [7, 11) is 0. The standard InChI is InChI=1S/C18H20F3N7O3/c1-2-3-12-22-15(31-26-12)10-30-16(29)11-6-8-27(9-7-11)14-5-4-13-23-24-17(18(19,20)21)28(13)25-14/h4-5,11H,2-3,6-10H2,1H3. The van der Waals surface area contributed by atoms with Crippen molar-refractivity contribution < 1.29 is 27.2 Å². The SMILES string of the molecule is CCCc1noc(COC(=O)C2CCN(c3ccc4nnc(C(F)(F)F)n4n3)CC2)n1. The molecule has 4 heterocycles. The molecule has 1 aliphatic rings. The van der Waals surface area contributed by atoms with Gasteiger partial charge in [-0.15, -0.1) is 15.3 Å². The van der Waals surface area contributed by atoms with Crippen LogP contribution in [-0.4, -0.2) is 49.0 Å². The highest BCUT2D eigenvalue weighted by Gasteiger charge is 2.38. The van der Waals surface area contributed by atoms with Crippen LogP contribution in [-0.2, 0) is 28.7 Å². The van der Waals surface area contributed by atoms with Gasteiger partial charge in [-0.25, -0.2) is 0 Å². The number of carbonyl (C=O) groups excluding carboxylic acids is 1. The normalized spacial score (nSPS) is 15.5. The third-order valence-corrected chi connectivity index (χ3v) is 4.98. The summed E-state index contributed by atoms with van der Waals surface area (Å²) in [5.41, 5.74) is 0.0117. The van der Waals surface area contributed by atoms with Crippen LogP contribution in [0.3, 0.4) is 0 Å². The smallest absolute Gasteiger partial charge is 0.453 e. The first-order valence-electron chi connectivity index (χ1n) is 9.88. The van der Waals surface area contributed by atoms with Gasteiger partial charge in [-0.3, -0.25) is 4.79 Å². The van der Waals surface area contributed by atoms with Crippen molar-refractivity contribution in [3.8, 4) is 0 Å². The summed E-state index contributed by atoms with van der Waals surface area (Å²) in [4.78, 5) is 18.3. The number of aromatic nitrogens is 6. The first kappa shape index (κ1) is 21.0. The van der Waals surface area contributed by atoms with Crippen LogP contribution < -0.4 is 4.90 Å². The van der Waals surface area contributed by atoms with Gasteiger partial charge in [0.25, 0.3) is 11.7 Å². The Kier molecular flexibility index (Phi) is 5.74. The summed E-state index contributed by atoms with van der Waals surface area (Å²) in [6.45, 7) is 2.81. The maximum absolute atomic E-state index is 13.1. The van der Waals surface area contributed by atoms with Crippen LogP contribution in [0.5, 0.6) is 0 Å². The highest BCUT2D eigenvalue weighted by molar-refractivity contribution is 5.72. The summed E-state index contributed by atoms with van der Waals surface area (Å²) < 4.78 is 50.2. The molecule has 3 aromatic heterocycles. The molecule has 3 aromatic rings. The molecule has 0 unspecified atom stereocenters. The van der Waals surface area contributed by atoms with Crippen molar-refractivity contribution in [1.82, 2.24) is 30.0 Å². The zero-order valence-corrected chi connectivity index (χ0v) is 16.7. The molecule has 1 aliphatic heterocycles. The molecule has 0 N–H and O–H groups in total. The Balaban J connectivity index is 1.34. The Labute approximate surface area is 174 Å². The maximum atomic E-state index is 13.1. The van der Waals surface area contributed by atoms with Crippen LogP contribution in [0.25, 0.3) is 5.65 Å². The Morgan fingerprint density at radius 2 is 2.03 bits per heavy atom. The molecular weight excluding hydrogens is 419 g/mol. The van der Waals surface area contributed by atoms with Crippen LogP contribution in [0.15, 0.2) is 16.7 Å². The van der Waals surface area contributed by atoms with Crippen molar-refractivity contribution in [3.63, 3.8) is 0 Å². The molecule has 0 aromatic carbocycles. The molecule has 0 radical (unpaired) electrons. The van der Waals surface area contributed by atoms with Gasteiger partial charge in [-0.1, -0.05) is 12.1 Å². The third-order valence-electron chi connectivity index (χ3n) is 4.98. The monoisotopic (exact) mass is 439 g/mol. The van der Waals surface area contributed by atoms with E-state index in [2.05, 4.69) is 25.4 Å². The van der Waals surface area contributed by atoms with Crippen molar-refractivity contribution >= 4 is 17.4 Å². The quantitative estimate of drug-likeness (QED) is 0.535. The van der Waals surface area contributed by atoms with E-state index in [1.54, 1.807) is 6.07 Å². The lowest BCUT2D eigenvalue weighted by molar-refractivity contribution is -0.151. The zero-order chi connectivity index (χ0) is 22.0. The number of hydrogen-bond donors (Lipinski definition) is 0. The van der Waals surface area contributed by atoms with Gasteiger partial charge in [0.2, 0.25) is 0 Å². The van der Waals surface area contributed by atoms with Crippen LogP contribution in [0.4, 0.5) is 19.0 Å². The van der Waals surface area contributed by atoms with E-state index in [-0.39, 0.29) is 30.0 Å². The molecule has 4 rings (SSSR count). The molecule has 0 spiro atoms. The fraction of sp³-hybridized carbons (Fsp3) is 0.556. The topological polar surface area (TPSA) is 112 Å². The lowest BCUT2D eigenvalue weighted by Gasteiger charge is -2.31. The van der Waals surface area contributed by atoms with E-state index in [0.29, 0.717) is 48.5 Å². The van der Waals surface area contributed by atoms with Crippen molar-refractivity contribution in [2.75, 3.05) is 18.0 Å². The van der Waals surface area contributed by atoms with Gasteiger partial charge in [0.1, 0.15) is 5.82 Å². The molecule has 1 fully saturated rings. The number of esters is 1. The summed E-state index contributed by atoms with van der Waals surface area (Å²) in [6.07, 6.45) is -2.11. The van der Waals surface area contributed by atoms with E-state index in [0.717, 1.165) is 6.42 Å². The van der Waals surface area contributed by atoms with Gasteiger partial charge >= 0.3 is 12.1 Å². The summed E-state index contributed by atoms with van der Waals surface area (Å²) >= 11 is 0. The van der Waals surface area contributed by atoms with Gasteiger partial charge in [-0.2, -0.15) is 22.7 Å². The van der Waals surface area contributed by atoms with Gasteiger partial charge in [0.05, 0.1) is 5.92 Å². The average Bonchev–Trinajstić information content (AvgIpc) is 3.38. The molecule has 166 valence electrons. The molecule has 0 bridgehead atoms. The number of anilines is 1. The van der Waals surface area contributed by atoms with E-state index in [1.807, 2.05) is 11.8 Å². The third kappa shape index (κ3) is 4.59. The number of alkyl halides is 3. The molecule has 31 heavy (non-hydrogen) atoms. The van der Waals surface area contributed by atoms with E-state index >= 15 is 0 Å². The van der Waals surface area contributed by atoms with Gasteiger partial charge in [0.15, 0.2) is 18.1 Å². The lowest BCUT2D eigenvalue weighted by atomic mass is 9.97. The van der Waals surface area contributed by atoms with Crippen LogP contribution in [0.2, 0.25) is 0 Å². The van der Waals surface area contributed by atoms with E-state index in [1.165, 1.54) is 6.07 Å². The number of piperidine rings is 1. The average molecular weight is 439 g/mol. The fourth-order valence-electron chi connectivity index (χ4n) is 3.39. The zero-order valence-electron chi connectivity index (χ0n) is 16.7. The van der Waals surface area contributed by atoms with Crippen molar-refractivity contribution in [2.45, 2.75) is 45.4 Å². The van der Waals surface area contributed by atoms with Gasteiger partial charge < -0.3 is 14.2 Å². The lowest BCUT2D eigenvalue weighted by Crippen LogP contribution is -2.37. The second kappa shape index (κ2) is 8.47. The predicted molar refractivity (Wildman–Crippen MR) is 98.8 cm³/mol. The molecule has 0 saturated carbocycles. The molecule has 0 aliphatic carbocycles. The minimum absolute atomic E-state index is 0.0117. The first-order valence-corrected chi connectivity index (χ1v) is 9.88. The van der Waals surface area contributed by atoms with E-state index < -0.39 is 12.0 Å². The van der Waals surface area contributed by atoms with Gasteiger partial charge in [0, 0.05) is 19.5 Å². The Morgan fingerprint density at radius 1 is 1.26 bits per heavy atom. The molecule has 13 heteroatoms. The minimum Gasteiger partial charge on any atom is -0.455 e. The molecule has 10 nitrogen and oxygen atoms in total. The van der Waals surface area contributed by atoms with Gasteiger partial charge in [-0.05, 0) is 31.4 Å². The molecule has 1 saturated heterocycles. The fourth-order valence-corrected chi connectivity index (χ4v) is 3.39. The molecule has 0 atom stereocenters.